The number of H-pyrrole nitrogens is 1. The van der Waals surface area contributed by atoms with E-state index >= 15 is 0 Å². The highest BCUT2D eigenvalue weighted by Crippen LogP contribution is 2.14. The molecule has 0 spiro atoms. The number of piperidine rings is 1. The molecule has 2 aromatic rings. The molecule has 4 heteroatoms. The van der Waals surface area contributed by atoms with Crippen molar-refractivity contribution in [3.05, 3.63) is 30.1 Å². The number of rotatable bonds is 2. The third-order valence-electron chi connectivity index (χ3n) is 3.55. The van der Waals surface area contributed by atoms with Crippen LogP contribution in [0.15, 0.2) is 24.5 Å². The molecule has 4 nitrogen and oxygen atoms in total. The van der Waals surface area contributed by atoms with Gasteiger partial charge >= 0.3 is 0 Å². The first-order valence-corrected chi connectivity index (χ1v) is 6.53. The van der Waals surface area contributed by atoms with E-state index in [0.29, 0.717) is 6.42 Å². The lowest BCUT2D eigenvalue weighted by Gasteiger charge is -2.26. The Bertz CT molecular complexity index is 555. The van der Waals surface area contributed by atoms with Gasteiger partial charge < -0.3 is 9.88 Å². The number of fused-ring (bicyclic) bond motifs is 1. The number of nitrogens with one attached hydrogen (secondary N) is 1. The third kappa shape index (κ3) is 2.23. The fourth-order valence-corrected chi connectivity index (χ4v) is 2.52. The highest BCUT2D eigenvalue weighted by molar-refractivity contribution is 5.81. The van der Waals surface area contributed by atoms with Crippen LogP contribution in [0.1, 0.15) is 24.8 Å². The minimum absolute atomic E-state index is 0.244. The minimum Gasteiger partial charge on any atom is -0.345 e. The first-order valence-electron chi connectivity index (χ1n) is 6.53. The number of carbonyl (C=O) groups is 1. The smallest absolute Gasteiger partial charge is 0.226 e. The molecular weight excluding hydrogens is 226 g/mol. The molecule has 1 aromatic carbocycles. The Morgan fingerprint density at radius 1 is 1.28 bits per heavy atom. The number of hydrogen-bond acceptors (Lipinski definition) is 2. The Labute approximate surface area is 106 Å². The van der Waals surface area contributed by atoms with Crippen LogP contribution < -0.4 is 0 Å². The molecule has 3 rings (SSSR count). The van der Waals surface area contributed by atoms with Gasteiger partial charge in [-0.2, -0.15) is 0 Å². The molecule has 0 unspecified atom stereocenters. The quantitative estimate of drug-likeness (QED) is 0.878. The van der Waals surface area contributed by atoms with Crippen molar-refractivity contribution < 1.29 is 4.79 Å². The average molecular weight is 243 g/mol. The summed E-state index contributed by atoms with van der Waals surface area (Å²) < 4.78 is 0. The van der Waals surface area contributed by atoms with Crippen LogP contribution in [0.25, 0.3) is 11.0 Å². The number of aromatic nitrogens is 2. The molecule has 0 aliphatic carbocycles. The summed E-state index contributed by atoms with van der Waals surface area (Å²) in [5.74, 6) is 0.244. The third-order valence-corrected chi connectivity index (χ3v) is 3.55. The van der Waals surface area contributed by atoms with Crippen LogP contribution in [-0.4, -0.2) is 33.9 Å². The number of nitrogens with zero attached hydrogens (tertiary/aromatic N) is 2. The normalized spacial score (nSPS) is 16.1. The zero-order valence-corrected chi connectivity index (χ0v) is 10.4. The summed E-state index contributed by atoms with van der Waals surface area (Å²) in [4.78, 5) is 21.4. The van der Waals surface area contributed by atoms with Gasteiger partial charge in [-0.1, -0.05) is 6.07 Å². The van der Waals surface area contributed by atoms with Gasteiger partial charge in [0, 0.05) is 13.1 Å². The van der Waals surface area contributed by atoms with Gasteiger partial charge in [-0.15, -0.1) is 0 Å². The lowest BCUT2D eigenvalue weighted by Crippen LogP contribution is -2.36. The fraction of sp³-hybridized carbons (Fsp3) is 0.429. The zero-order valence-electron chi connectivity index (χ0n) is 10.4. The predicted molar refractivity (Wildman–Crippen MR) is 70.2 cm³/mol. The molecule has 0 bridgehead atoms. The monoisotopic (exact) mass is 243 g/mol. The Morgan fingerprint density at radius 3 is 2.94 bits per heavy atom. The summed E-state index contributed by atoms with van der Waals surface area (Å²) in [6.07, 6.45) is 5.72. The number of amides is 1. The fourth-order valence-electron chi connectivity index (χ4n) is 2.52. The van der Waals surface area contributed by atoms with Gasteiger partial charge in [0.25, 0.3) is 0 Å². The first kappa shape index (κ1) is 11.3. The average Bonchev–Trinajstić information content (AvgIpc) is 2.87. The summed E-state index contributed by atoms with van der Waals surface area (Å²) >= 11 is 0. The summed E-state index contributed by atoms with van der Waals surface area (Å²) in [7, 11) is 0. The number of aromatic amines is 1. The Balaban J connectivity index is 1.72. The maximum atomic E-state index is 12.1. The summed E-state index contributed by atoms with van der Waals surface area (Å²) in [5.41, 5.74) is 3.01. The second-order valence-electron chi connectivity index (χ2n) is 4.87. The van der Waals surface area contributed by atoms with Gasteiger partial charge in [-0.3, -0.25) is 4.79 Å². The zero-order chi connectivity index (χ0) is 12.4. The van der Waals surface area contributed by atoms with Crippen LogP contribution in [0.3, 0.4) is 0 Å². The molecule has 0 atom stereocenters. The maximum absolute atomic E-state index is 12.1. The summed E-state index contributed by atoms with van der Waals surface area (Å²) in [5, 5.41) is 0. The van der Waals surface area contributed by atoms with Crippen LogP contribution >= 0.6 is 0 Å². The van der Waals surface area contributed by atoms with Gasteiger partial charge in [-0.05, 0) is 37.0 Å². The Morgan fingerprint density at radius 2 is 2.11 bits per heavy atom. The van der Waals surface area contributed by atoms with Gasteiger partial charge in [0.15, 0.2) is 0 Å². The Hall–Kier alpha value is -1.84. The highest BCUT2D eigenvalue weighted by atomic mass is 16.2. The molecule has 18 heavy (non-hydrogen) atoms. The van der Waals surface area contributed by atoms with E-state index in [0.717, 1.165) is 42.5 Å². The molecule has 1 fully saturated rings. The van der Waals surface area contributed by atoms with Crippen LogP contribution in [0.5, 0.6) is 0 Å². The van der Waals surface area contributed by atoms with Crippen molar-refractivity contribution in [1.29, 1.82) is 0 Å². The van der Waals surface area contributed by atoms with E-state index < -0.39 is 0 Å². The van der Waals surface area contributed by atoms with E-state index in [-0.39, 0.29) is 5.91 Å². The molecule has 0 saturated carbocycles. The molecule has 0 radical (unpaired) electrons. The predicted octanol–water partition coefficient (Wildman–Crippen LogP) is 2.12. The van der Waals surface area contributed by atoms with Crippen molar-refractivity contribution >= 4 is 16.9 Å². The van der Waals surface area contributed by atoms with Crippen molar-refractivity contribution in [2.45, 2.75) is 25.7 Å². The number of likely N-dealkylation sites (tertiary alicyclic amines) is 1. The molecule has 1 saturated heterocycles. The van der Waals surface area contributed by atoms with E-state index in [1.807, 2.05) is 23.1 Å². The van der Waals surface area contributed by atoms with Crippen molar-refractivity contribution in [1.82, 2.24) is 14.9 Å². The number of hydrogen-bond donors (Lipinski definition) is 1. The van der Waals surface area contributed by atoms with E-state index in [1.165, 1.54) is 6.42 Å². The van der Waals surface area contributed by atoms with Crippen molar-refractivity contribution in [3.63, 3.8) is 0 Å². The molecule has 1 aliphatic heterocycles. The van der Waals surface area contributed by atoms with E-state index in [2.05, 4.69) is 9.97 Å². The topological polar surface area (TPSA) is 49.0 Å². The maximum Gasteiger partial charge on any atom is 0.226 e. The molecule has 94 valence electrons. The lowest BCUT2D eigenvalue weighted by molar-refractivity contribution is -0.131. The van der Waals surface area contributed by atoms with Gasteiger partial charge in [0.05, 0.1) is 23.8 Å². The Kier molecular flexibility index (Phi) is 3.00. The van der Waals surface area contributed by atoms with E-state index in [9.17, 15) is 4.79 Å². The van der Waals surface area contributed by atoms with Crippen molar-refractivity contribution in [2.75, 3.05) is 13.1 Å². The number of carbonyl (C=O) groups excluding carboxylic acids is 1. The molecule has 1 N–H and O–H groups in total. The van der Waals surface area contributed by atoms with Crippen LogP contribution in [0.2, 0.25) is 0 Å². The van der Waals surface area contributed by atoms with Crippen LogP contribution in [0, 0.1) is 0 Å². The van der Waals surface area contributed by atoms with Gasteiger partial charge in [0.1, 0.15) is 0 Å². The standard InChI is InChI=1S/C14H17N3O/c18-14(17-6-2-1-3-7-17)9-11-4-5-12-13(8-11)16-10-15-12/h4-5,8,10H,1-3,6-7,9H2,(H,15,16). The number of benzene rings is 1. The second-order valence-corrected chi connectivity index (χ2v) is 4.87. The van der Waals surface area contributed by atoms with Gasteiger partial charge in [0.2, 0.25) is 5.91 Å². The lowest BCUT2D eigenvalue weighted by atomic mass is 10.1. The second kappa shape index (κ2) is 4.80. The molecule has 1 amide bonds. The van der Waals surface area contributed by atoms with Crippen molar-refractivity contribution in [2.24, 2.45) is 0 Å². The molecule has 1 aromatic heterocycles. The van der Waals surface area contributed by atoms with E-state index in [1.54, 1.807) is 6.33 Å². The van der Waals surface area contributed by atoms with Crippen molar-refractivity contribution in [3.8, 4) is 0 Å². The first-order chi connectivity index (χ1) is 8.83. The number of imidazole rings is 1. The van der Waals surface area contributed by atoms with Gasteiger partial charge in [-0.25, -0.2) is 4.98 Å². The summed E-state index contributed by atoms with van der Waals surface area (Å²) in [6, 6.07) is 5.97. The SMILES string of the molecule is O=C(Cc1ccc2nc[nH]c2c1)N1CCCCC1. The molecule has 1 aliphatic rings. The van der Waals surface area contributed by atoms with E-state index in [4.69, 9.17) is 0 Å². The molecule has 2 heterocycles. The minimum atomic E-state index is 0.244. The molecular formula is C14H17N3O. The highest BCUT2D eigenvalue weighted by Gasteiger charge is 2.16. The summed E-state index contributed by atoms with van der Waals surface area (Å²) in [6.45, 7) is 1.84. The van der Waals surface area contributed by atoms with Crippen LogP contribution in [-0.2, 0) is 11.2 Å². The van der Waals surface area contributed by atoms with Crippen LogP contribution in [0.4, 0.5) is 0 Å². The largest absolute Gasteiger partial charge is 0.345 e.